The molecular weight excluding hydrogens is 102 g/mol. The van der Waals surface area contributed by atoms with Gasteiger partial charge in [-0.1, -0.05) is 5.92 Å². The summed E-state index contributed by atoms with van der Waals surface area (Å²) in [4.78, 5) is 9.77. The van der Waals surface area contributed by atoms with Crippen LogP contribution in [-0.4, -0.2) is 11.9 Å². The van der Waals surface area contributed by atoms with E-state index in [0.717, 1.165) is 0 Å². The number of carbonyl (C=O) groups excluding carboxylic acids is 1. The summed E-state index contributed by atoms with van der Waals surface area (Å²) in [6, 6.07) is 0. The number of carbonyl (C=O) groups is 1. The molecule has 0 atom stereocenters. The molecule has 0 rings (SSSR count). The highest BCUT2D eigenvalue weighted by Gasteiger charge is 2.09. The highest BCUT2D eigenvalue weighted by molar-refractivity contribution is 5.49. The first kappa shape index (κ1) is 7.03. The van der Waals surface area contributed by atoms with Crippen molar-refractivity contribution in [1.29, 1.82) is 0 Å². The Hall–Kier alpha value is -0.970. The van der Waals surface area contributed by atoms with E-state index in [0.29, 0.717) is 6.41 Å². The molecule has 0 aliphatic rings. The van der Waals surface area contributed by atoms with Gasteiger partial charge in [0, 0.05) is 0 Å². The number of terminal acetylenes is 1. The normalized spacial score (nSPS) is 9.62. The van der Waals surface area contributed by atoms with Gasteiger partial charge >= 0.3 is 0 Å². The predicted molar refractivity (Wildman–Crippen MR) is 32.1 cm³/mol. The molecule has 0 aromatic heterocycles. The fourth-order valence-electron chi connectivity index (χ4n) is 0.189. The van der Waals surface area contributed by atoms with Crippen LogP contribution in [0, 0.1) is 12.3 Å². The molecule has 8 heavy (non-hydrogen) atoms. The fourth-order valence-corrected chi connectivity index (χ4v) is 0.189. The summed E-state index contributed by atoms with van der Waals surface area (Å²) in [5, 5.41) is 2.45. The van der Waals surface area contributed by atoms with Crippen molar-refractivity contribution < 1.29 is 4.79 Å². The second-order valence-electron chi connectivity index (χ2n) is 2.03. The van der Waals surface area contributed by atoms with E-state index in [1.54, 1.807) is 13.8 Å². The molecule has 0 spiro atoms. The van der Waals surface area contributed by atoms with Gasteiger partial charge in [-0.15, -0.1) is 6.42 Å². The first-order valence-corrected chi connectivity index (χ1v) is 2.31. The van der Waals surface area contributed by atoms with Crippen LogP contribution >= 0.6 is 0 Å². The van der Waals surface area contributed by atoms with Gasteiger partial charge in [-0.25, -0.2) is 0 Å². The van der Waals surface area contributed by atoms with E-state index >= 15 is 0 Å². The van der Waals surface area contributed by atoms with Crippen LogP contribution in [0.1, 0.15) is 13.8 Å². The van der Waals surface area contributed by atoms with E-state index in [2.05, 4.69) is 11.2 Å². The van der Waals surface area contributed by atoms with Gasteiger partial charge in [-0.05, 0) is 13.8 Å². The Balaban J connectivity index is 3.76. The minimum atomic E-state index is -0.498. The van der Waals surface area contributed by atoms with Gasteiger partial charge in [0.15, 0.2) is 0 Å². The molecule has 0 aromatic rings. The van der Waals surface area contributed by atoms with Gasteiger partial charge in [-0.3, -0.25) is 4.79 Å². The lowest BCUT2D eigenvalue weighted by Crippen LogP contribution is -2.36. The van der Waals surface area contributed by atoms with Crippen molar-refractivity contribution in [3.05, 3.63) is 0 Å². The van der Waals surface area contributed by atoms with E-state index < -0.39 is 5.54 Å². The third-order valence-electron chi connectivity index (χ3n) is 0.781. The van der Waals surface area contributed by atoms with Gasteiger partial charge in [0.2, 0.25) is 6.41 Å². The summed E-state index contributed by atoms with van der Waals surface area (Å²) < 4.78 is 0. The average Bonchev–Trinajstić information content (AvgIpc) is 1.67. The quantitative estimate of drug-likeness (QED) is 0.398. The molecule has 0 saturated heterocycles. The van der Waals surface area contributed by atoms with Crippen LogP contribution in [-0.2, 0) is 4.79 Å². The average molecular weight is 111 g/mol. The second kappa shape index (κ2) is 2.37. The summed E-state index contributed by atoms with van der Waals surface area (Å²) in [7, 11) is 0. The molecule has 0 aliphatic heterocycles. The molecule has 0 unspecified atom stereocenters. The lowest BCUT2D eigenvalue weighted by atomic mass is 10.1. The molecule has 1 N–H and O–H groups in total. The van der Waals surface area contributed by atoms with Crippen molar-refractivity contribution in [1.82, 2.24) is 5.32 Å². The van der Waals surface area contributed by atoms with Crippen LogP contribution in [0.2, 0.25) is 0 Å². The summed E-state index contributed by atoms with van der Waals surface area (Å²) >= 11 is 0. The second-order valence-corrected chi connectivity index (χ2v) is 2.03. The first-order chi connectivity index (χ1) is 3.62. The molecule has 0 aliphatic carbocycles. The standard InChI is InChI=1S/C6H9NO/c1-4-6(2,3)7-5-8/h1,5H,2-3H3,(H,7,8). The lowest BCUT2D eigenvalue weighted by Gasteiger charge is -2.14. The van der Waals surface area contributed by atoms with Crippen LogP contribution in [0.4, 0.5) is 0 Å². The number of nitrogens with one attached hydrogen (secondary N) is 1. The molecule has 1 amide bonds. The molecular formula is C6H9NO. The SMILES string of the molecule is C#CC(C)(C)NC=O. The van der Waals surface area contributed by atoms with Gasteiger partial charge in [0.05, 0.1) is 5.54 Å². The predicted octanol–water partition coefficient (Wildman–Crippen LogP) is 0.144. The maximum Gasteiger partial charge on any atom is 0.208 e. The van der Waals surface area contributed by atoms with E-state index in [-0.39, 0.29) is 0 Å². The van der Waals surface area contributed by atoms with Gasteiger partial charge in [-0.2, -0.15) is 0 Å². The summed E-state index contributed by atoms with van der Waals surface area (Å²) in [5.74, 6) is 2.40. The smallest absolute Gasteiger partial charge is 0.208 e. The van der Waals surface area contributed by atoms with E-state index in [4.69, 9.17) is 6.42 Å². The van der Waals surface area contributed by atoms with Crippen molar-refractivity contribution in [3.63, 3.8) is 0 Å². The number of amides is 1. The molecule has 0 aromatic carbocycles. The van der Waals surface area contributed by atoms with E-state index in [1.807, 2.05) is 0 Å². The third-order valence-corrected chi connectivity index (χ3v) is 0.781. The Labute approximate surface area is 49.3 Å². The van der Waals surface area contributed by atoms with E-state index in [9.17, 15) is 4.79 Å². The van der Waals surface area contributed by atoms with Crippen molar-refractivity contribution in [3.8, 4) is 12.3 Å². The zero-order valence-electron chi connectivity index (χ0n) is 5.06. The minimum Gasteiger partial charge on any atom is -0.343 e. The monoisotopic (exact) mass is 111 g/mol. The van der Waals surface area contributed by atoms with E-state index in [1.165, 1.54) is 0 Å². The lowest BCUT2D eigenvalue weighted by molar-refractivity contribution is -0.110. The molecule has 2 heteroatoms. The maximum absolute atomic E-state index is 9.77. The van der Waals surface area contributed by atoms with Crippen molar-refractivity contribution in [2.75, 3.05) is 0 Å². The van der Waals surface area contributed by atoms with Crippen molar-refractivity contribution in [2.24, 2.45) is 0 Å². The Morgan fingerprint density at radius 2 is 2.25 bits per heavy atom. The van der Waals surface area contributed by atoms with Crippen molar-refractivity contribution in [2.45, 2.75) is 19.4 Å². The van der Waals surface area contributed by atoms with Crippen LogP contribution in [0.3, 0.4) is 0 Å². The highest BCUT2D eigenvalue weighted by atomic mass is 16.1. The molecule has 0 fully saturated rings. The highest BCUT2D eigenvalue weighted by Crippen LogP contribution is 1.94. The number of hydrogen-bond donors (Lipinski definition) is 1. The molecule has 0 radical (unpaired) electrons. The van der Waals surface area contributed by atoms with Crippen LogP contribution in [0.25, 0.3) is 0 Å². The zero-order chi connectivity index (χ0) is 6.62. The number of hydrogen-bond acceptors (Lipinski definition) is 1. The first-order valence-electron chi connectivity index (χ1n) is 2.31. The Morgan fingerprint density at radius 3 is 2.38 bits per heavy atom. The minimum absolute atomic E-state index is 0.498. The molecule has 0 heterocycles. The molecule has 2 nitrogen and oxygen atoms in total. The Morgan fingerprint density at radius 1 is 1.75 bits per heavy atom. The van der Waals surface area contributed by atoms with Crippen LogP contribution in [0.5, 0.6) is 0 Å². The number of rotatable bonds is 2. The summed E-state index contributed by atoms with van der Waals surface area (Å²) in [5.41, 5.74) is -0.498. The Bertz CT molecular complexity index is 121. The maximum atomic E-state index is 9.77. The summed E-state index contributed by atoms with van der Waals surface area (Å²) in [6.07, 6.45) is 5.62. The molecule has 0 saturated carbocycles. The van der Waals surface area contributed by atoms with Gasteiger partial charge in [0.25, 0.3) is 0 Å². The third kappa shape index (κ3) is 2.25. The molecule has 0 bridgehead atoms. The van der Waals surface area contributed by atoms with Gasteiger partial charge < -0.3 is 5.32 Å². The topological polar surface area (TPSA) is 29.1 Å². The largest absolute Gasteiger partial charge is 0.343 e. The van der Waals surface area contributed by atoms with Crippen LogP contribution < -0.4 is 5.32 Å². The fraction of sp³-hybridized carbons (Fsp3) is 0.500. The van der Waals surface area contributed by atoms with Crippen molar-refractivity contribution >= 4 is 6.41 Å². The Kier molecular flexibility index (Phi) is 2.08. The van der Waals surface area contributed by atoms with Gasteiger partial charge in [0.1, 0.15) is 0 Å². The zero-order valence-corrected chi connectivity index (χ0v) is 5.06. The van der Waals surface area contributed by atoms with Crippen LogP contribution in [0.15, 0.2) is 0 Å². The molecule has 44 valence electrons. The summed E-state index contributed by atoms with van der Waals surface area (Å²) in [6.45, 7) is 3.50.